The highest BCUT2D eigenvalue weighted by Gasteiger charge is 2.35. The second-order valence-corrected chi connectivity index (χ2v) is 13.6. The molecule has 51 heavy (non-hydrogen) atoms. The molecular formula is C40H57N5O6. The van der Waals surface area contributed by atoms with Gasteiger partial charge in [-0.2, -0.15) is 0 Å². The summed E-state index contributed by atoms with van der Waals surface area (Å²) in [7, 11) is 6.12. The molecule has 0 radical (unpaired) electrons. The summed E-state index contributed by atoms with van der Waals surface area (Å²) >= 11 is 0. The van der Waals surface area contributed by atoms with Crippen molar-refractivity contribution in [1.82, 2.24) is 20.0 Å². The van der Waals surface area contributed by atoms with Crippen LogP contribution in [0, 0.1) is 24.2 Å². The number of carbonyl (C=O) groups is 5. The van der Waals surface area contributed by atoms with Crippen molar-refractivity contribution in [2.24, 2.45) is 17.6 Å². The van der Waals surface area contributed by atoms with Crippen LogP contribution in [-0.2, 0) is 36.8 Å². The van der Waals surface area contributed by atoms with Gasteiger partial charge in [-0.3, -0.25) is 24.0 Å². The van der Waals surface area contributed by atoms with Gasteiger partial charge in [0.25, 0.3) is 0 Å². The molecule has 0 heterocycles. The number of amides is 5. The SMILES string of the molecule is C#CCCCCC(C)CC(C)C(=O)N(C)[C@@H](Cc1ccccc1)C(=O)N[C@@H](C)C(=O)N(C)[C@@H](C)C(=O)N(C)[C@@H](Cc1ccc(OC)cc1)C(N)=O. The van der Waals surface area contributed by atoms with Crippen LogP contribution < -0.4 is 15.8 Å². The highest BCUT2D eigenvalue weighted by Crippen LogP contribution is 2.22. The number of nitrogens with two attached hydrogens (primary N) is 1. The Bertz CT molecular complexity index is 1490. The first kappa shape index (κ1) is 42.3. The van der Waals surface area contributed by atoms with E-state index in [1.807, 2.05) is 37.3 Å². The molecule has 2 aromatic rings. The van der Waals surface area contributed by atoms with Crippen molar-refractivity contribution in [1.29, 1.82) is 0 Å². The van der Waals surface area contributed by atoms with Gasteiger partial charge >= 0.3 is 0 Å². The second-order valence-electron chi connectivity index (χ2n) is 13.6. The molecule has 2 rings (SSSR count). The molecule has 0 aliphatic heterocycles. The number of ether oxygens (including phenoxy) is 1. The van der Waals surface area contributed by atoms with E-state index in [2.05, 4.69) is 18.2 Å². The fourth-order valence-electron chi connectivity index (χ4n) is 6.18. The summed E-state index contributed by atoms with van der Waals surface area (Å²) in [5.74, 6) is 0.988. The highest BCUT2D eigenvalue weighted by atomic mass is 16.5. The maximum Gasteiger partial charge on any atom is 0.245 e. The van der Waals surface area contributed by atoms with Crippen molar-refractivity contribution >= 4 is 29.5 Å². The molecule has 6 atom stereocenters. The third kappa shape index (κ3) is 12.8. The largest absolute Gasteiger partial charge is 0.497 e. The molecule has 0 aliphatic rings. The van der Waals surface area contributed by atoms with Gasteiger partial charge in [-0.25, -0.2) is 0 Å². The maximum absolute atomic E-state index is 13.8. The van der Waals surface area contributed by atoms with Gasteiger partial charge in [0, 0.05) is 46.3 Å². The summed E-state index contributed by atoms with van der Waals surface area (Å²) in [6.45, 7) is 7.10. The van der Waals surface area contributed by atoms with Gasteiger partial charge < -0.3 is 30.5 Å². The van der Waals surface area contributed by atoms with E-state index in [4.69, 9.17) is 16.9 Å². The van der Waals surface area contributed by atoms with Crippen LogP contribution in [0.1, 0.15) is 70.9 Å². The van der Waals surface area contributed by atoms with E-state index < -0.39 is 47.8 Å². The summed E-state index contributed by atoms with van der Waals surface area (Å²) in [5, 5.41) is 2.79. The van der Waals surface area contributed by atoms with Gasteiger partial charge in [-0.1, -0.05) is 69.2 Å². The van der Waals surface area contributed by atoms with Gasteiger partial charge in [0.2, 0.25) is 29.5 Å². The van der Waals surface area contributed by atoms with Crippen LogP contribution in [0.4, 0.5) is 0 Å². The molecule has 278 valence electrons. The molecule has 2 unspecified atom stereocenters. The molecule has 0 saturated carbocycles. The van der Waals surface area contributed by atoms with Crippen molar-refractivity contribution in [2.45, 2.75) is 96.8 Å². The van der Waals surface area contributed by atoms with Crippen molar-refractivity contribution in [3.8, 4) is 18.1 Å². The summed E-state index contributed by atoms with van der Waals surface area (Å²) in [5.41, 5.74) is 7.34. The lowest BCUT2D eigenvalue weighted by atomic mass is 9.91. The number of methoxy groups -OCH3 is 1. The normalized spacial score (nSPS) is 14.4. The molecule has 11 heteroatoms. The predicted octanol–water partition coefficient (Wildman–Crippen LogP) is 3.83. The van der Waals surface area contributed by atoms with E-state index >= 15 is 0 Å². The number of unbranched alkanes of at least 4 members (excludes halogenated alkanes) is 2. The zero-order valence-corrected chi connectivity index (χ0v) is 31.6. The van der Waals surface area contributed by atoms with E-state index in [-0.39, 0.29) is 24.7 Å². The van der Waals surface area contributed by atoms with E-state index in [1.54, 1.807) is 52.3 Å². The number of benzene rings is 2. The number of carbonyl (C=O) groups excluding carboxylic acids is 5. The minimum Gasteiger partial charge on any atom is -0.497 e. The molecule has 0 spiro atoms. The lowest BCUT2D eigenvalue weighted by Gasteiger charge is -2.34. The van der Waals surface area contributed by atoms with E-state index in [0.717, 1.165) is 36.8 Å². The summed E-state index contributed by atoms with van der Waals surface area (Å²) in [4.78, 5) is 71.0. The molecule has 0 bridgehead atoms. The van der Waals surface area contributed by atoms with Crippen LogP contribution in [0.5, 0.6) is 5.75 Å². The molecule has 0 fully saturated rings. The number of hydrogen-bond donors (Lipinski definition) is 2. The Morgan fingerprint density at radius 3 is 1.92 bits per heavy atom. The predicted molar refractivity (Wildman–Crippen MR) is 199 cm³/mol. The van der Waals surface area contributed by atoms with Crippen LogP contribution in [0.15, 0.2) is 54.6 Å². The minimum absolute atomic E-state index is 0.154. The highest BCUT2D eigenvalue weighted by molar-refractivity contribution is 5.95. The molecule has 0 aliphatic carbocycles. The number of terminal acetylenes is 1. The van der Waals surface area contributed by atoms with Gasteiger partial charge in [0.1, 0.15) is 29.9 Å². The number of nitrogens with zero attached hydrogens (tertiary/aromatic N) is 3. The maximum atomic E-state index is 13.8. The van der Waals surface area contributed by atoms with Crippen LogP contribution >= 0.6 is 0 Å². The fraction of sp³-hybridized carbons (Fsp3) is 0.525. The van der Waals surface area contributed by atoms with Crippen molar-refractivity contribution in [2.75, 3.05) is 28.3 Å². The van der Waals surface area contributed by atoms with Crippen molar-refractivity contribution < 1.29 is 28.7 Å². The second kappa shape index (κ2) is 20.7. The quantitative estimate of drug-likeness (QED) is 0.159. The van der Waals surface area contributed by atoms with Crippen LogP contribution in [0.2, 0.25) is 0 Å². The average molecular weight is 704 g/mol. The van der Waals surface area contributed by atoms with Crippen LogP contribution in [-0.4, -0.2) is 96.7 Å². The van der Waals surface area contributed by atoms with E-state index in [0.29, 0.717) is 18.1 Å². The first-order valence-electron chi connectivity index (χ1n) is 17.6. The standard InChI is InChI=1S/C40H57N5O6/c1-10-11-12-14-17-27(2)24-28(3)38(48)45(8)35(26-31-18-15-13-16-19-31)37(47)42-29(4)39(49)43(6)30(5)40(50)44(7)34(36(41)46)25-32-20-22-33(51-9)23-21-32/h1,13,15-16,18-23,27-30,34-35H,11-12,14,17,24-26H2,2-9H3,(H2,41,46)(H,42,47)/t27?,28?,29-,30-,34-,35-/m0/s1. The zero-order chi connectivity index (χ0) is 38.2. The number of rotatable bonds is 20. The fourth-order valence-corrected chi connectivity index (χ4v) is 6.18. The van der Waals surface area contributed by atoms with Crippen molar-refractivity contribution in [3.63, 3.8) is 0 Å². The topological polar surface area (TPSA) is 142 Å². The summed E-state index contributed by atoms with van der Waals surface area (Å²) in [6, 6.07) is 12.6. The first-order valence-corrected chi connectivity index (χ1v) is 17.6. The third-order valence-corrected chi connectivity index (χ3v) is 9.58. The molecule has 0 saturated heterocycles. The van der Waals surface area contributed by atoms with Crippen LogP contribution in [0.25, 0.3) is 0 Å². The Balaban J connectivity index is 2.14. The minimum atomic E-state index is -1.02. The molecule has 11 nitrogen and oxygen atoms in total. The van der Waals surface area contributed by atoms with Gasteiger partial charge in [-0.05, 0) is 55.9 Å². The van der Waals surface area contributed by atoms with Gasteiger partial charge in [-0.15, -0.1) is 12.3 Å². The Kier molecular flexibility index (Phi) is 17.2. The van der Waals surface area contributed by atoms with E-state index in [1.165, 1.54) is 28.8 Å². The lowest BCUT2D eigenvalue weighted by molar-refractivity contribution is -0.148. The number of hydrogen-bond acceptors (Lipinski definition) is 6. The Hall–Kier alpha value is -4.85. The summed E-state index contributed by atoms with van der Waals surface area (Å²) < 4.78 is 5.19. The Morgan fingerprint density at radius 1 is 0.784 bits per heavy atom. The zero-order valence-electron chi connectivity index (χ0n) is 31.6. The number of likely N-dealkylation sites (N-methyl/N-ethyl adjacent to an activating group) is 3. The molecule has 0 aromatic heterocycles. The van der Waals surface area contributed by atoms with E-state index in [9.17, 15) is 24.0 Å². The van der Waals surface area contributed by atoms with Crippen LogP contribution in [0.3, 0.4) is 0 Å². The monoisotopic (exact) mass is 703 g/mol. The van der Waals surface area contributed by atoms with Gasteiger partial charge in [0.15, 0.2) is 0 Å². The smallest absolute Gasteiger partial charge is 0.245 e. The Labute approximate surface area is 304 Å². The molecule has 5 amide bonds. The number of nitrogens with one attached hydrogen (secondary N) is 1. The van der Waals surface area contributed by atoms with Gasteiger partial charge in [0.05, 0.1) is 7.11 Å². The molecular weight excluding hydrogens is 646 g/mol. The third-order valence-electron chi connectivity index (χ3n) is 9.58. The Morgan fingerprint density at radius 2 is 1.35 bits per heavy atom. The summed E-state index contributed by atoms with van der Waals surface area (Å²) in [6.07, 6.45) is 10.1. The molecule has 2 aromatic carbocycles. The molecule has 3 N–H and O–H groups in total. The average Bonchev–Trinajstić information content (AvgIpc) is 3.12. The first-order chi connectivity index (χ1) is 24.1. The van der Waals surface area contributed by atoms with Crippen molar-refractivity contribution in [3.05, 3.63) is 65.7 Å². The number of primary amides is 1. The lowest BCUT2D eigenvalue weighted by Crippen LogP contribution is -2.58.